The summed E-state index contributed by atoms with van der Waals surface area (Å²) >= 11 is 0. The van der Waals surface area contributed by atoms with Gasteiger partial charge in [0.2, 0.25) is 5.43 Å². The molecule has 0 bridgehead atoms. The molecule has 1 heterocycles. The van der Waals surface area contributed by atoms with E-state index in [4.69, 9.17) is 13.9 Å². The van der Waals surface area contributed by atoms with Gasteiger partial charge in [-0.25, -0.2) is 0 Å². The zero-order chi connectivity index (χ0) is 20.4. The van der Waals surface area contributed by atoms with Crippen molar-refractivity contribution in [1.82, 2.24) is 0 Å². The van der Waals surface area contributed by atoms with E-state index in [-0.39, 0.29) is 5.43 Å². The van der Waals surface area contributed by atoms with Gasteiger partial charge in [-0.3, -0.25) is 4.79 Å². The van der Waals surface area contributed by atoms with Gasteiger partial charge in [-0.15, -0.1) is 0 Å². The normalized spacial score (nSPS) is 10.9. The molecule has 0 aliphatic carbocycles. The number of fused-ring (bicyclic) bond motifs is 1. The van der Waals surface area contributed by atoms with Crippen molar-refractivity contribution in [3.05, 3.63) is 93.8 Å². The Kier molecular flexibility index (Phi) is 5.09. The van der Waals surface area contributed by atoms with Gasteiger partial charge in [0.15, 0.2) is 0 Å². The standard InChI is InChI=1S/C25H22O4/c1-16-22(28-15-18-7-5-4-6-8-18)14-13-21-24(26)23(17(2)29-25(16)21)19-9-11-20(27-3)12-10-19/h4-14H,15H2,1-3H3. The highest BCUT2D eigenvalue weighted by molar-refractivity contribution is 5.86. The summed E-state index contributed by atoms with van der Waals surface area (Å²) in [5, 5.41) is 0.547. The average molecular weight is 386 g/mol. The third-order valence-corrected chi connectivity index (χ3v) is 5.05. The summed E-state index contributed by atoms with van der Waals surface area (Å²) < 4.78 is 17.3. The molecule has 146 valence electrons. The smallest absolute Gasteiger partial charge is 0.200 e. The summed E-state index contributed by atoms with van der Waals surface area (Å²) in [6, 6.07) is 21.0. The Labute approximate surface area is 169 Å². The molecule has 0 saturated carbocycles. The number of hydrogen-bond donors (Lipinski definition) is 0. The van der Waals surface area contributed by atoms with Crippen LogP contribution < -0.4 is 14.9 Å². The molecule has 0 radical (unpaired) electrons. The fourth-order valence-corrected chi connectivity index (χ4v) is 3.47. The number of benzene rings is 3. The number of ether oxygens (including phenoxy) is 2. The molecule has 4 heteroatoms. The van der Waals surface area contributed by atoms with Crippen LogP contribution in [-0.4, -0.2) is 7.11 Å². The Hall–Kier alpha value is -3.53. The van der Waals surface area contributed by atoms with Gasteiger partial charge in [0, 0.05) is 5.56 Å². The molecule has 1 aromatic heterocycles. The predicted molar refractivity (Wildman–Crippen MR) is 115 cm³/mol. The van der Waals surface area contributed by atoms with E-state index in [9.17, 15) is 4.79 Å². The molecule has 4 aromatic rings. The van der Waals surface area contributed by atoms with Crippen LogP contribution >= 0.6 is 0 Å². The summed E-state index contributed by atoms with van der Waals surface area (Å²) in [6.07, 6.45) is 0. The lowest BCUT2D eigenvalue weighted by molar-refractivity contribution is 0.304. The van der Waals surface area contributed by atoms with Crippen LogP contribution in [0.1, 0.15) is 16.9 Å². The molecule has 3 aromatic carbocycles. The van der Waals surface area contributed by atoms with Gasteiger partial charge >= 0.3 is 0 Å². The summed E-state index contributed by atoms with van der Waals surface area (Å²) in [7, 11) is 1.62. The van der Waals surface area contributed by atoms with Gasteiger partial charge < -0.3 is 13.9 Å². The van der Waals surface area contributed by atoms with Crippen molar-refractivity contribution in [2.75, 3.05) is 7.11 Å². The van der Waals surface area contributed by atoms with Crippen molar-refractivity contribution in [2.24, 2.45) is 0 Å². The summed E-state index contributed by atoms with van der Waals surface area (Å²) in [5.41, 5.74) is 3.79. The largest absolute Gasteiger partial charge is 0.497 e. The first-order valence-corrected chi connectivity index (χ1v) is 9.46. The lowest BCUT2D eigenvalue weighted by atomic mass is 10.0. The van der Waals surface area contributed by atoms with E-state index >= 15 is 0 Å². The van der Waals surface area contributed by atoms with Crippen molar-refractivity contribution in [1.29, 1.82) is 0 Å². The average Bonchev–Trinajstić information content (AvgIpc) is 2.75. The summed E-state index contributed by atoms with van der Waals surface area (Å²) in [4.78, 5) is 13.2. The summed E-state index contributed by atoms with van der Waals surface area (Å²) in [6.45, 7) is 4.19. The Morgan fingerprint density at radius 1 is 0.897 bits per heavy atom. The molecule has 0 fully saturated rings. The Bertz CT molecular complexity index is 1210. The third kappa shape index (κ3) is 3.61. The Morgan fingerprint density at radius 3 is 2.31 bits per heavy atom. The highest BCUT2D eigenvalue weighted by Gasteiger charge is 2.17. The Morgan fingerprint density at radius 2 is 1.62 bits per heavy atom. The molecule has 0 unspecified atom stereocenters. The van der Waals surface area contributed by atoms with E-state index in [1.54, 1.807) is 13.2 Å². The van der Waals surface area contributed by atoms with Crippen LogP contribution in [0.2, 0.25) is 0 Å². The highest BCUT2D eigenvalue weighted by atomic mass is 16.5. The zero-order valence-corrected chi connectivity index (χ0v) is 16.7. The first-order chi connectivity index (χ1) is 14.1. The molecule has 0 saturated heterocycles. The molecular formula is C25H22O4. The van der Waals surface area contributed by atoms with Crippen LogP contribution in [0.15, 0.2) is 75.9 Å². The molecule has 0 N–H and O–H groups in total. The van der Waals surface area contributed by atoms with E-state index in [1.807, 2.05) is 74.5 Å². The van der Waals surface area contributed by atoms with Crippen molar-refractivity contribution in [3.63, 3.8) is 0 Å². The predicted octanol–water partition coefficient (Wildman–Crippen LogP) is 5.66. The maximum absolute atomic E-state index is 13.2. The van der Waals surface area contributed by atoms with Crippen LogP contribution in [0.5, 0.6) is 11.5 Å². The third-order valence-electron chi connectivity index (χ3n) is 5.05. The minimum absolute atomic E-state index is 0.0494. The topological polar surface area (TPSA) is 48.7 Å². The molecular weight excluding hydrogens is 364 g/mol. The van der Waals surface area contributed by atoms with Gasteiger partial charge in [0.05, 0.1) is 18.1 Å². The van der Waals surface area contributed by atoms with Crippen LogP contribution in [0.25, 0.3) is 22.1 Å². The second-order valence-corrected chi connectivity index (χ2v) is 6.93. The molecule has 29 heavy (non-hydrogen) atoms. The minimum Gasteiger partial charge on any atom is -0.497 e. The van der Waals surface area contributed by atoms with E-state index in [0.29, 0.717) is 34.6 Å². The molecule has 0 aliphatic rings. The quantitative estimate of drug-likeness (QED) is 0.444. The molecule has 0 amide bonds. The van der Waals surface area contributed by atoms with Gasteiger partial charge in [-0.1, -0.05) is 42.5 Å². The molecule has 0 spiro atoms. The maximum atomic E-state index is 13.2. The molecule has 4 nitrogen and oxygen atoms in total. The van der Waals surface area contributed by atoms with Crippen molar-refractivity contribution >= 4 is 11.0 Å². The van der Waals surface area contributed by atoms with Crippen LogP contribution in [0, 0.1) is 13.8 Å². The molecule has 0 aliphatic heterocycles. The fraction of sp³-hybridized carbons (Fsp3) is 0.160. The van der Waals surface area contributed by atoms with E-state index in [1.165, 1.54) is 0 Å². The van der Waals surface area contributed by atoms with Gasteiger partial charge in [-0.05, 0) is 49.2 Å². The second-order valence-electron chi connectivity index (χ2n) is 6.93. The van der Waals surface area contributed by atoms with Crippen molar-refractivity contribution < 1.29 is 13.9 Å². The fourth-order valence-electron chi connectivity index (χ4n) is 3.47. The number of hydrogen-bond acceptors (Lipinski definition) is 4. The number of aryl methyl sites for hydroxylation is 2. The second kappa shape index (κ2) is 7.84. The first-order valence-electron chi connectivity index (χ1n) is 9.46. The highest BCUT2D eigenvalue weighted by Crippen LogP contribution is 2.31. The van der Waals surface area contributed by atoms with E-state index in [2.05, 4.69) is 0 Å². The minimum atomic E-state index is -0.0494. The van der Waals surface area contributed by atoms with Gasteiger partial charge in [-0.2, -0.15) is 0 Å². The monoisotopic (exact) mass is 386 g/mol. The molecule has 0 atom stereocenters. The van der Waals surface area contributed by atoms with E-state index < -0.39 is 0 Å². The number of methoxy groups -OCH3 is 1. The van der Waals surface area contributed by atoms with Crippen LogP contribution in [0.4, 0.5) is 0 Å². The van der Waals surface area contributed by atoms with Crippen molar-refractivity contribution in [2.45, 2.75) is 20.5 Å². The summed E-state index contributed by atoms with van der Waals surface area (Å²) in [5.74, 6) is 2.03. The van der Waals surface area contributed by atoms with Gasteiger partial charge in [0.1, 0.15) is 29.4 Å². The molecule has 4 rings (SSSR count). The zero-order valence-electron chi connectivity index (χ0n) is 16.7. The van der Waals surface area contributed by atoms with Crippen LogP contribution in [-0.2, 0) is 6.61 Å². The lowest BCUT2D eigenvalue weighted by Gasteiger charge is -2.13. The Balaban J connectivity index is 1.74. The number of rotatable bonds is 5. The SMILES string of the molecule is COc1ccc(-c2c(C)oc3c(C)c(OCc4ccccc4)ccc3c2=O)cc1. The lowest BCUT2D eigenvalue weighted by Crippen LogP contribution is -2.08. The van der Waals surface area contributed by atoms with Gasteiger partial charge in [0.25, 0.3) is 0 Å². The maximum Gasteiger partial charge on any atom is 0.200 e. The van der Waals surface area contributed by atoms with E-state index in [0.717, 1.165) is 22.4 Å². The van der Waals surface area contributed by atoms with Crippen LogP contribution in [0.3, 0.4) is 0 Å². The van der Waals surface area contributed by atoms with Crippen molar-refractivity contribution in [3.8, 4) is 22.6 Å². The first kappa shape index (κ1) is 18.8.